The molecule has 5 atom stereocenters. The third kappa shape index (κ3) is 2.88. The molecule has 3 heterocycles. The van der Waals surface area contributed by atoms with E-state index in [9.17, 15) is 0 Å². The van der Waals surface area contributed by atoms with Crippen LogP contribution in [-0.4, -0.2) is 28.4 Å². The van der Waals surface area contributed by atoms with Crippen molar-refractivity contribution in [3.63, 3.8) is 0 Å². The first-order valence-corrected chi connectivity index (χ1v) is 7.88. The van der Waals surface area contributed by atoms with E-state index in [2.05, 4.69) is 17.1 Å². The summed E-state index contributed by atoms with van der Waals surface area (Å²) >= 11 is 0. The topological polar surface area (TPSA) is 74.2 Å². The fraction of sp³-hybridized carbons (Fsp3) is 0.867. The van der Waals surface area contributed by atoms with Gasteiger partial charge < -0.3 is 15.0 Å². The zero-order chi connectivity index (χ0) is 14.1. The third-order valence-corrected chi connectivity index (χ3v) is 4.61. The minimum atomic E-state index is 0.270. The molecular weight excluding hydrogens is 254 g/mol. The van der Waals surface area contributed by atoms with Gasteiger partial charge in [0.15, 0.2) is 5.82 Å². The SMILES string of the molecule is CC(N)CCCC(C)c1nc(C2CC3CCC2O3)no1. The Balaban J connectivity index is 1.56. The van der Waals surface area contributed by atoms with E-state index in [0.29, 0.717) is 24.0 Å². The smallest absolute Gasteiger partial charge is 0.229 e. The largest absolute Gasteiger partial charge is 0.374 e. The van der Waals surface area contributed by atoms with Gasteiger partial charge in [0.25, 0.3) is 0 Å². The molecule has 2 bridgehead atoms. The maximum atomic E-state index is 5.86. The molecule has 2 aliphatic rings. The predicted octanol–water partition coefficient (Wildman–Crippen LogP) is 2.73. The Hall–Kier alpha value is -0.940. The maximum absolute atomic E-state index is 5.86. The molecule has 2 saturated heterocycles. The Bertz CT molecular complexity index is 446. The van der Waals surface area contributed by atoms with Crippen LogP contribution in [0.15, 0.2) is 4.52 Å². The fourth-order valence-electron chi connectivity index (χ4n) is 3.38. The summed E-state index contributed by atoms with van der Waals surface area (Å²) in [5.41, 5.74) is 5.77. The number of nitrogens with zero attached hydrogens (tertiary/aromatic N) is 2. The van der Waals surface area contributed by atoms with Crippen LogP contribution in [0.4, 0.5) is 0 Å². The van der Waals surface area contributed by atoms with E-state index >= 15 is 0 Å². The van der Waals surface area contributed by atoms with Crippen molar-refractivity contribution in [3.05, 3.63) is 11.7 Å². The molecule has 0 amide bonds. The summed E-state index contributed by atoms with van der Waals surface area (Å²) in [4.78, 5) is 4.62. The number of rotatable bonds is 6. The molecule has 0 saturated carbocycles. The minimum absolute atomic E-state index is 0.270. The second kappa shape index (κ2) is 5.82. The first-order chi connectivity index (χ1) is 9.63. The van der Waals surface area contributed by atoms with Crippen molar-refractivity contribution in [2.24, 2.45) is 5.73 Å². The third-order valence-electron chi connectivity index (χ3n) is 4.61. The number of fused-ring (bicyclic) bond motifs is 2. The van der Waals surface area contributed by atoms with Gasteiger partial charge in [-0.05, 0) is 39.0 Å². The van der Waals surface area contributed by atoms with Crippen molar-refractivity contribution in [3.8, 4) is 0 Å². The van der Waals surface area contributed by atoms with Crippen LogP contribution in [-0.2, 0) is 4.74 Å². The summed E-state index contributed by atoms with van der Waals surface area (Å²) in [5.74, 6) is 2.29. The van der Waals surface area contributed by atoms with Crippen molar-refractivity contribution in [1.29, 1.82) is 0 Å². The molecule has 1 aromatic rings. The molecule has 5 heteroatoms. The van der Waals surface area contributed by atoms with Crippen molar-refractivity contribution in [2.45, 2.75) is 82.5 Å². The molecule has 0 aromatic carbocycles. The van der Waals surface area contributed by atoms with E-state index in [-0.39, 0.29) is 6.04 Å². The highest BCUT2D eigenvalue weighted by Crippen LogP contribution is 2.43. The average Bonchev–Trinajstić information content (AvgIpc) is 3.13. The van der Waals surface area contributed by atoms with E-state index in [1.807, 2.05) is 6.92 Å². The average molecular weight is 279 g/mol. The van der Waals surface area contributed by atoms with Gasteiger partial charge >= 0.3 is 0 Å². The zero-order valence-electron chi connectivity index (χ0n) is 12.4. The first-order valence-electron chi connectivity index (χ1n) is 7.88. The fourth-order valence-corrected chi connectivity index (χ4v) is 3.38. The highest BCUT2D eigenvalue weighted by Gasteiger charge is 2.43. The molecule has 5 unspecified atom stereocenters. The van der Waals surface area contributed by atoms with Crippen LogP contribution in [0.5, 0.6) is 0 Å². The Morgan fingerprint density at radius 1 is 1.30 bits per heavy atom. The van der Waals surface area contributed by atoms with Crippen molar-refractivity contribution in [2.75, 3.05) is 0 Å². The molecule has 0 radical (unpaired) electrons. The number of nitrogens with two attached hydrogens (primary N) is 1. The summed E-state index contributed by atoms with van der Waals surface area (Å²) in [6, 6.07) is 0.270. The molecular formula is C15H25N3O2. The Kier molecular flexibility index (Phi) is 4.08. The van der Waals surface area contributed by atoms with Crippen LogP contribution in [0.2, 0.25) is 0 Å². The Labute approximate surface area is 120 Å². The van der Waals surface area contributed by atoms with E-state index in [1.54, 1.807) is 0 Å². The summed E-state index contributed by atoms with van der Waals surface area (Å²) in [5, 5.41) is 4.19. The monoisotopic (exact) mass is 279 g/mol. The van der Waals surface area contributed by atoms with E-state index in [4.69, 9.17) is 15.0 Å². The lowest BCUT2D eigenvalue weighted by molar-refractivity contribution is 0.0996. The van der Waals surface area contributed by atoms with Gasteiger partial charge in [0, 0.05) is 12.0 Å². The van der Waals surface area contributed by atoms with Gasteiger partial charge in [0.2, 0.25) is 5.89 Å². The predicted molar refractivity (Wildman–Crippen MR) is 75.5 cm³/mol. The maximum Gasteiger partial charge on any atom is 0.229 e. The van der Waals surface area contributed by atoms with Crippen LogP contribution in [0.3, 0.4) is 0 Å². The highest BCUT2D eigenvalue weighted by molar-refractivity contribution is 5.07. The summed E-state index contributed by atoms with van der Waals surface area (Å²) in [6.45, 7) is 4.19. The van der Waals surface area contributed by atoms with Gasteiger partial charge in [-0.25, -0.2) is 0 Å². The summed E-state index contributed by atoms with van der Waals surface area (Å²) in [6.07, 6.45) is 7.34. The zero-order valence-corrected chi connectivity index (χ0v) is 12.4. The van der Waals surface area contributed by atoms with E-state index in [1.165, 1.54) is 6.42 Å². The highest BCUT2D eigenvalue weighted by atomic mass is 16.5. The van der Waals surface area contributed by atoms with Crippen molar-refractivity contribution < 1.29 is 9.26 Å². The first kappa shape index (κ1) is 14.0. The molecule has 0 spiro atoms. The second-order valence-corrected chi connectivity index (χ2v) is 6.52. The van der Waals surface area contributed by atoms with Gasteiger partial charge in [-0.2, -0.15) is 4.98 Å². The lowest BCUT2D eigenvalue weighted by Gasteiger charge is -2.13. The molecule has 2 N–H and O–H groups in total. The Morgan fingerprint density at radius 2 is 2.15 bits per heavy atom. The number of hydrogen-bond acceptors (Lipinski definition) is 5. The van der Waals surface area contributed by atoms with Gasteiger partial charge in [0.05, 0.1) is 18.1 Å². The summed E-state index contributed by atoms with van der Waals surface area (Å²) in [7, 11) is 0. The lowest BCUT2D eigenvalue weighted by Crippen LogP contribution is -2.15. The van der Waals surface area contributed by atoms with E-state index < -0.39 is 0 Å². The Morgan fingerprint density at radius 3 is 2.80 bits per heavy atom. The standard InChI is InChI=1S/C15H25N3O2/c1-9(4-3-5-10(2)16)15-17-14(18-20-15)12-8-11-6-7-13(12)19-11/h9-13H,3-8,16H2,1-2H3. The van der Waals surface area contributed by atoms with E-state index in [0.717, 1.165) is 43.8 Å². The minimum Gasteiger partial charge on any atom is -0.374 e. The molecule has 1 aromatic heterocycles. The molecule has 112 valence electrons. The van der Waals surface area contributed by atoms with Crippen LogP contribution in [0, 0.1) is 0 Å². The lowest BCUT2D eigenvalue weighted by atomic mass is 9.89. The van der Waals surface area contributed by atoms with Crippen LogP contribution in [0.1, 0.15) is 75.9 Å². The molecule has 5 nitrogen and oxygen atoms in total. The molecule has 2 fully saturated rings. The molecule has 0 aliphatic carbocycles. The number of aromatic nitrogens is 2. The summed E-state index contributed by atoms with van der Waals surface area (Å²) < 4.78 is 11.3. The van der Waals surface area contributed by atoms with Gasteiger partial charge in [-0.1, -0.05) is 18.5 Å². The molecule has 20 heavy (non-hydrogen) atoms. The van der Waals surface area contributed by atoms with Gasteiger partial charge in [-0.15, -0.1) is 0 Å². The second-order valence-electron chi connectivity index (χ2n) is 6.52. The van der Waals surface area contributed by atoms with Gasteiger partial charge in [-0.3, -0.25) is 0 Å². The quantitative estimate of drug-likeness (QED) is 0.866. The van der Waals surface area contributed by atoms with Crippen molar-refractivity contribution >= 4 is 0 Å². The van der Waals surface area contributed by atoms with Gasteiger partial charge in [0.1, 0.15) is 0 Å². The van der Waals surface area contributed by atoms with Crippen molar-refractivity contribution in [1.82, 2.24) is 10.1 Å². The van der Waals surface area contributed by atoms with Crippen LogP contribution in [0.25, 0.3) is 0 Å². The van der Waals surface area contributed by atoms with Crippen LogP contribution < -0.4 is 5.73 Å². The molecule has 3 rings (SSSR count). The van der Waals surface area contributed by atoms with Crippen LogP contribution >= 0.6 is 0 Å². The molecule has 2 aliphatic heterocycles. The normalized spacial score (nSPS) is 31.6. The number of ether oxygens (including phenoxy) is 1. The number of hydrogen-bond donors (Lipinski definition) is 1.